The predicted octanol–water partition coefficient (Wildman–Crippen LogP) is 2.33. The van der Waals surface area contributed by atoms with E-state index >= 15 is 0 Å². The Morgan fingerprint density at radius 2 is 2.00 bits per heavy atom. The maximum atomic E-state index is 12.4. The standard InChI is InChI=1S/C15H18ClNO4/c1-9(2)11-8-21-15(20)17(11)14(19)12(16)13(18)10-6-4-3-5-7-10/h3-7,9,11-13,18H,8H2,1-2H3/t11-,12-,13+/m0/s1. The summed E-state index contributed by atoms with van der Waals surface area (Å²) in [7, 11) is 0. The van der Waals surface area contributed by atoms with Crippen LogP contribution in [0, 0.1) is 5.92 Å². The zero-order chi connectivity index (χ0) is 15.6. The van der Waals surface area contributed by atoms with Crippen molar-refractivity contribution in [3.63, 3.8) is 0 Å². The van der Waals surface area contributed by atoms with E-state index in [1.165, 1.54) is 0 Å². The first-order valence-corrected chi connectivity index (χ1v) is 7.24. The maximum absolute atomic E-state index is 12.4. The van der Waals surface area contributed by atoms with Crippen molar-refractivity contribution in [2.24, 2.45) is 5.92 Å². The van der Waals surface area contributed by atoms with Crippen LogP contribution >= 0.6 is 11.6 Å². The lowest BCUT2D eigenvalue weighted by molar-refractivity contribution is -0.131. The molecule has 21 heavy (non-hydrogen) atoms. The Morgan fingerprint density at radius 1 is 1.38 bits per heavy atom. The third-order valence-corrected chi connectivity index (χ3v) is 3.99. The zero-order valence-corrected chi connectivity index (χ0v) is 12.7. The van der Waals surface area contributed by atoms with E-state index in [-0.39, 0.29) is 18.6 Å². The van der Waals surface area contributed by atoms with Crippen molar-refractivity contribution in [3.8, 4) is 0 Å². The van der Waals surface area contributed by atoms with Gasteiger partial charge in [-0.2, -0.15) is 0 Å². The van der Waals surface area contributed by atoms with E-state index < -0.39 is 23.5 Å². The molecule has 1 aromatic rings. The molecule has 1 saturated heterocycles. The van der Waals surface area contributed by atoms with E-state index in [2.05, 4.69) is 0 Å². The fourth-order valence-electron chi connectivity index (χ4n) is 2.27. The van der Waals surface area contributed by atoms with Gasteiger partial charge in [-0.1, -0.05) is 44.2 Å². The molecule has 1 aromatic carbocycles. The highest BCUT2D eigenvalue weighted by Gasteiger charge is 2.43. The van der Waals surface area contributed by atoms with E-state index in [1.54, 1.807) is 30.3 Å². The van der Waals surface area contributed by atoms with Gasteiger partial charge < -0.3 is 9.84 Å². The average molecular weight is 312 g/mol. The summed E-state index contributed by atoms with van der Waals surface area (Å²) in [6.07, 6.45) is -1.88. The molecule has 6 heteroatoms. The Hall–Kier alpha value is -1.59. The molecule has 1 aliphatic heterocycles. The van der Waals surface area contributed by atoms with Gasteiger partial charge in [-0.15, -0.1) is 11.6 Å². The summed E-state index contributed by atoms with van der Waals surface area (Å²) < 4.78 is 4.92. The van der Waals surface area contributed by atoms with Gasteiger partial charge in [0.05, 0.1) is 6.04 Å². The molecule has 1 aliphatic rings. The van der Waals surface area contributed by atoms with Gasteiger partial charge in [0.25, 0.3) is 5.91 Å². The molecule has 0 spiro atoms. The van der Waals surface area contributed by atoms with Crippen LogP contribution in [-0.4, -0.2) is 40.0 Å². The number of ether oxygens (including phenoxy) is 1. The fourth-order valence-corrected chi connectivity index (χ4v) is 2.52. The van der Waals surface area contributed by atoms with Crippen molar-refractivity contribution in [2.45, 2.75) is 31.4 Å². The highest BCUT2D eigenvalue weighted by Crippen LogP contribution is 2.27. The number of halogens is 1. The van der Waals surface area contributed by atoms with Gasteiger partial charge in [0, 0.05) is 0 Å². The topological polar surface area (TPSA) is 66.8 Å². The van der Waals surface area contributed by atoms with Crippen LogP contribution in [0.15, 0.2) is 30.3 Å². The lowest BCUT2D eigenvalue weighted by Gasteiger charge is -2.26. The summed E-state index contributed by atoms with van der Waals surface area (Å²) in [5, 5.41) is 8.96. The molecule has 3 atom stereocenters. The van der Waals surface area contributed by atoms with Gasteiger partial charge in [0.1, 0.15) is 18.1 Å². The van der Waals surface area contributed by atoms with Gasteiger partial charge in [-0.05, 0) is 11.5 Å². The Balaban J connectivity index is 2.16. The number of hydrogen-bond acceptors (Lipinski definition) is 4. The van der Waals surface area contributed by atoms with Gasteiger partial charge in [-0.25, -0.2) is 9.69 Å². The minimum Gasteiger partial charge on any atom is -0.447 e. The van der Waals surface area contributed by atoms with Crippen LogP contribution in [0.1, 0.15) is 25.5 Å². The number of rotatable bonds is 4. The second kappa shape index (κ2) is 6.45. The number of carbonyl (C=O) groups is 2. The van der Waals surface area contributed by atoms with E-state index in [1.807, 2.05) is 13.8 Å². The van der Waals surface area contributed by atoms with Crippen molar-refractivity contribution in [3.05, 3.63) is 35.9 Å². The summed E-state index contributed by atoms with van der Waals surface area (Å²) in [4.78, 5) is 25.2. The van der Waals surface area contributed by atoms with Gasteiger partial charge in [-0.3, -0.25) is 4.79 Å². The molecule has 0 radical (unpaired) electrons. The number of aliphatic hydroxyl groups excluding tert-OH is 1. The number of nitrogens with zero attached hydrogens (tertiary/aromatic N) is 1. The minimum absolute atomic E-state index is 0.0538. The molecule has 2 rings (SSSR count). The summed E-state index contributed by atoms with van der Waals surface area (Å²) in [6, 6.07) is 8.29. The molecular formula is C15H18ClNO4. The molecule has 1 heterocycles. The van der Waals surface area contributed by atoms with Crippen LogP contribution in [0.5, 0.6) is 0 Å². The van der Waals surface area contributed by atoms with Crippen molar-refractivity contribution in [1.82, 2.24) is 4.90 Å². The highest BCUT2D eigenvalue weighted by atomic mass is 35.5. The van der Waals surface area contributed by atoms with Crippen molar-refractivity contribution < 1.29 is 19.4 Å². The normalized spacial score (nSPS) is 21.3. The molecule has 114 valence electrons. The van der Waals surface area contributed by atoms with E-state index in [0.717, 1.165) is 4.90 Å². The predicted molar refractivity (Wildman–Crippen MR) is 77.9 cm³/mol. The quantitative estimate of drug-likeness (QED) is 0.867. The van der Waals surface area contributed by atoms with Crippen LogP contribution < -0.4 is 0 Å². The number of carbonyl (C=O) groups excluding carboxylic acids is 2. The van der Waals surface area contributed by atoms with Gasteiger partial charge in [0.2, 0.25) is 0 Å². The largest absolute Gasteiger partial charge is 0.447 e. The van der Waals surface area contributed by atoms with Crippen molar-refractivity contribution in [2.75, 3.05) is 6.61 Å². The SMILES string of the molecule is CC(C)[C@@H]1COC(=O)N1C(=O)[C@@H](Cl)[C@H](O)c1ccccc1. The lowest BCUT2D eigenvalue weighted by Crippen LogP contribution is -2.46. The Labute approximate surface area is 128 Å². The molecule has 0 aliphatic carbocycles. The van der Waals surface area contributed by atoms with E-state index in [0.29, 0.717) is 5.56 Å². The molecule has 0 aromatic heterocycles. The first kappa shape index (κ1) is 15.8. The number of benzene rings is 1. The second-order valence-corrected chi connectivity index (χ2v) is 5.82. The Bertz CT molecular complexity index is 520. The molecule has 0 bridgehead atoms. The Kier molecular flexibility index (Phi) is 4.85. The monoisotopic (exact) mass is 311 g/mol. The van der Waals surface area contributed by atoms with Crippen LogP contribution in [-0.2, 0) is 9.53 Å². The Morgan fingerprint density at radius 3 is 2.57 bits per heavy atom. The van der Waals surface area contributed by atoms with E-state index in [4.69, 9.17) is 16.3 Å². The minimum atomic E-state index is -1.24. The average Bonchev–Trinajstić information content (AvgIpc) is 2.87. The molecule has 1 fully saturated rings. The van der Waals surface area contributed by atoms with Crippen LogP contribution in [0.3, 0.4) is 0 Å². The van der Waals surface area contributed by atoms with Crippen molar-refractivity contribution >= 4 is 23.6 Å². The summed E-state index contributed by atoms with van der Waals surface area (Å²) >= 11 is 6.08. The second-order valence-electron chi connectivity index (χ2n) is 5.35. The first-order chi connectivity index (χ1) is 9.93. The van der Waals surface area contributed by atoms with Crippen molar-refractivity contribution in [1.29, 1.82) is 0 Å². The molecule has 5 nitrogen and oxygen atoms in total. The molecule has 2 amide bonds. The smallest absolute Gasteiger partial charge is 0.417 e. The lowest BCUT2D eigenvalue weighted by atomic mass is 10.0. The van der Waals surface area contributed by atoms with Gasteiger partial charge >= 0.3 is 6.09 Å². The summed E-state index contributed by atoms with van der Waals surface area (Å²) in [6.45, 7) is 3.95. The summed E-state index contributed by atoms with van der Waals surface area (Å²) in [5.41, 5.74) is 0.527. The number of imide groups is 1. The number of aliphatic hydroxyl groups is 1. The van der Waals surface area contributed by atoms with Crippen LogP contribution in [0.2, 0.25) is 0 Å². The zero-order valence-electron chi connectivity index (χ0n) is 11.9. The third kappa shape index (κ3) is 3.19. The first-order valence-electron chi connectivity index (χ1n) is 6.80. The van der Waals surface area contributed by atoms with Gasteiger partial charge in [0.15, 0.2) is 0 Å². The number of amides is 2. The number of hydrogen-bond donors (Lipinski definition) is 1. The number of cyclic esters (lactones) is 1. The molecule has 0 saturated carbocycles. The maximum Gasteiger partial charge on any atom is 0.417 e. The number of alkyl halides is 1. The third-order valence-electron chi connectivity index (χ3n) is 3.57. The van der Waals surface area contributed by atoms with Crippen LogP contribution in [0.25, 0.3) is 0 Å². The fraction of sp³-hybridized carbons (Fsp3) is 0.467. The molecule has 1 N–H and O–H groups in total. The summed E-state index contributed by atoms with van der Waals surface area (Å²) in [5.74, 6) is -0.577. The van der Waals surface area contributed by atoms with Crippen LogP contribution in [0.4, 0.5) is 4.79 Å². The molecule has 0 unspecified atom stereocenters. The highest BCUT2D eigenvalue weighted by molar-refractivity contribution is 6.32. The molecular weight excluding hydrogens is 294 g/mol. The van der Waals surface area contributed by atoms with E-state index in [9.17, 15) is 14.7 Å².